The topological polar surface area (TPSA) is 66.5 Å². The van der Waals surface area contributed by atoms with Crippen LogP contribution in [-0.2, 0) is 15.8 Å². The van der Waals surface area contributed by atoms with Crippen molar-refractivity contribution in [3.05, 3.63) is 69.7 Å². The highest BCUT2D eigenvalue weighted by Crippen LogP contribution is 2.30. The smallest absolute Gasteiger partial charge is 0.273 e. The molecule has 1 aliphatic heterocycles. The lowest BCUT2D eigenvalue weighted by Crippen LogP contribution is -2.54. The number of amides is 4. The van der Waals surface area contributed by atoms with Crippen LogP contribution in [0.25, 0.3) is 6.08 Å². The Labute approximate surface area is 159 Å². The van der Waals surface area contributed by atoms with Crippen LogP contribution in [0, 0.1) is 0 Å². The van der Waals surface area contributed by atoms with Crippen molar-refractivity contribution in [3.8, 4) is 0 Å². The Morgan fingerprint density at radius 3 is 2.37 bits per heavy atom. The number of alkyl halides is 3. The summed E-state index contributed by atoms with van der Waals surface area (Å²) in [5.74, 6) is -1.91. The summed E-state index contributed by atoms with van der Waals surface area (Å²) in [5, 5.41) is 2.01. The molecule has 0 atom stereocenters. The van der Waals surface area contributed by atoms with Gasteiger partial charge in [-0.25, -0.2) is 9.69 Å². The number of halogens is 4. The zero-order chi connectivity index (χ0) is 19.8. The van der Waals surface area contributed by atoms with Crippen LogP contribution in [0.5, 0.6) is 0 Å². The van der Waals surface area contributed by atoms with Crippen molar-refractivity contribution in [1.29, 1.82) is 0 Å². The molecule has 1 heterocycles. The Hall–Kier alpha value is -2.94. The molecule has 9 heteroatoms. The molecule has 5 nitrogen and oxygen atoms in total. The summed E-state index contributed by atoms with van der Waals surface area (Å²) in [5.41, 5.74) is -1.16. The number of benzene rings is 2. The minimum atomic E-state index is -4.56. The molecule has 0 aliphatic carbocycles. The minimum absolute atomic E-state index is 0.00636. The Morgan fingerprint density at radius 2 is 1.70 bits per heavy atom. The van der Waals surface area contributed by atoms with Crippen molar-refractivity contribution in [2.75, 3.05) is 4.90 Å². The molecule has 138 valence electrons. The molecule has 0 saturated carbocycles. The number of urea groups is 1. The largest absolute Gasteiger partial charge is 0.416 e. The third kappa shape index (κ3) is 3.92. The van der Waals surface area contributed by atoms with Gasteiger partial charge < -0.3 is 0 Å². The maximum Gasteiger partial charge on any atom is 0.416 e. The fourth-order valence-electron chi connectivity index (χ4n) is 2.48. The first-order valence-electron chi connectivity index (χ1n) is 7.51. The van der Waals surface area contributed by atoms with Gasteiger partial charge in [0.25, 0.3) is 11.8 Å². The minimum Gasteiger partial charge on any atom is -0.273 e. The number of imide groups is 2. The van der Waals surface area contributed by atoms with Gasteiger partial charge in [0.2, 0.25) is 0 Å². The van der Waals surface area contributed by atoms with E-state index in [1.807, 2.05) is 5.32 Å². The van der Waals surface area contributed by atoms with Crippen LogP contribution in [0.15, 0.2) is 58.6 Å². The highest BCUT2D eigenvalue weighted by molar-refractivity contribution is 9.10. The van der Waals surface area contributed by atoms with Crippen LogP contribution in [0.4, 0.5) is 23.7 Å². The molecule has 0 aromatic heterocycles. The lowest BCUT2D eigenvalue weighted by molar-refractivity contribution is -0.137. The Morgan fingerprint density at radius 1 is 1.00 bits per heavy atom. The number of hydrogen-bond acceptors (Lipinski definition) is 3. The van der Waals surface area contributed by atoms with Crippen LogP contribution in [0.3, 0.4) is 0 Å². The van der Waals surface area contributed by atoms with Gasteiger partial charge in [-0.15, -0.1) is 0 Å². The van der Waals surface area contributed by atoms with E-state index in [4.69, 9.17) is 0 Å². The zero-order valence-corrected chi connectivity index (χ0v) is 15.0. The quantitative estimate of drug-likeness (QED) is 0.566. The third-order valence-electron chi connectivity index (χ3n) is 3.69. The molecule has 0 radical (unpaired) electrons. The molecule has 27 heavy (non-hydrogen) atoms. The predicted octanol–water partition coefficient (Wildman–Crippen LogP) is 4.13. The molecule has 1 N–H and O–H groups in total. The van der Waals surface area contributed by atoms with E-state index in [-0.39, 0.29) is 11.3 Å². The second-order valence-electron chi connectivity index (χ2n) is 5.56. The fourth-order valence-corrected chi connectivity index (χ4v) is 2.87. The van der Waals surface area contributed by atoms with Crippen molar-refractivity contribution >= 4 is 45.5 Å². The summed E-state index contributed by atoms with van der Waals surface area (Å²) >= 11 is 3.22. The summed E-state index contributed by atoms with van der Waals surface area (Å²) in [6.45, 7) is 0. The fraction of sp³-hybridized carbons (Fsp3) is 0.0556. The van der Waals surface area contributed by atoms with Gasteiger partial charge in [-0.2, -0.15) is 13.2 Å². The molecule has 2 aromatic carbocycles. The number of hydrogen-bond donors (Lipinski definition) is 1. The van der Waals surface area contributed by atoms with E-state index in [2.05, 4.69) is 15.9 Å². The van der Waals surface area contributed by atoms with E-state index in [9.17, 15) is 27.6 Å². The average Bonchev–Trinajstić information content (AvgIpc) is 2.58. The summed E-state index contributed by atoms with van der Waals surface area (Å²) in [7, 11) is 0. The van der Waals surface area contributed by atoms with Crippen LogP contribution < -0.4 is 10.2 Å². The molecule has 2 aromatic rings. The molecule has 1 aliphatic rings. The van der Waals surface area contributed by atoms with Gasteiger partial charge in [-0.1, -0.05) is 34.1 Å². The highest BCUT2D eigenvalue weighted by atomic mass is 79.9. The molecule has 1 fully saturated rings. The van der Waals surface area contributed by atoms with Crippen molar-refractivity contribution in [2.24, 2.45) is 0 Å². The van der Waals surface area contributed by atoms with Gasteiger partial charge in [-0.3, -0.25) is 14.9 Å². The Bertz CT molecular complexity index is 986. The SMILES string of the molecule is O=C1NC(=O)N(c2cccc(Br)c2)C(=O)C1=Cc1cccc(C(F)(F)F)c1. The van der Waals surface area contributed by atoms with E-state index in [0.29, 0.717) is 4.47 Å². The maximum absolute atomic E-state index is 12.8. The Balaban J connectivity index is 2.02. The molecule has 4 amide bonds. The first-order valence-corrected chi connectivity index (χ1v) is 8.30. The van der Waals surface area contributed by atoms with Gasteiger partial charge in [0.1, 0.15) is 5.57 Å². The lowest BCUT2D eigenvalue weighted by atomic mass is 10.0. The number of nitrogens with zero attached hydrogens (tertiary/aromatic N) is 1. The van der Waals surface area contributed by atoms with Gasteiger partial charge >= 0.3 is 12.2 Å². The van der Waals surface area contributed by atoms with E-state index < -0.39 is 35.2 Å². The third-order valence-corrected chi connectivity index (χ3v) is 4.19. The predicted molar refractivity (Wildman–Crippen MR) is 94.6 cm³/mol. The molecule has 0 bridgehead atoms. The van der Waals surface area contributed by atoms with Crippen LogP contribution >= 0.6 is 15.9 Å². The number of rotatable bonds is 2. The molecule has 3 rings (SSSR count). The van der Waals surface area contributed by atoms with Gasteiger partial charge in [-0.05, 0) is 42.0 Å². The molecule has 0 spiro atoms. The molecular formula is C18H10BrF3N2O3. The van der Waals surface area contributed by atoms with Gasteiger partial charge in [0.05, 0.1) is 11.3 Å². The number of nitrogens with one attached hydrogen (secondary N) is 1. The van der Waals surface area contributed by atoms with E-state index in [1.165, 1.54) is 18.2 Å². The van der Waals surface area contributed by atoms with E-state index in [0.717, 1.165) is 29.2 Å². The van der Waals surface area contributed by atoms with E-state index in [1.54, 1.807) is 12.1 Å². The van der Waals surface area contributed by atoms with Crippen molar-refractivity contribution in [1.82, 2.24) is 5.32 Å². The second kappa shape index (κ2) is 6.99. The number of anilines is 1. The van der Waals surface area contributed by atoms with Crippen LogP contribution in [0.2, 0.25) is 0 Å². The monoisotopic (exact) mass is 438 g/mol. The maximum atomic E-state index is 12.8. The summed E-state index contributed by atoms with van der Waals surface area (Å²) in [4.78, 5) is 37.6. The second-order valence-corrected chi connectivity index (χ2v) is 6.48. The van der Waals surface area contributed by atoms with Crippen molar-refractivity contribution in [3.63, 3.8) is 0 Å². The Kier molecular flexibility index (Phi) is 4.88. The molecular weight excluding hydrogens is 429 g/mol. The summed E-state index contributed by atoms with van der Waals surface area (Å²) in [6, 6.07) is 9.49. The first-order chi connectivity index (χ1) is 12.7. The molecule has 0 unspecified atom stereocenters. The van der Waals surface area contributed by atoms with Crippen molar-refractivity contribution in [2.45, 2.75) is 6.18 Å². The highest BCUT2D eigenvalue weighted by Gasteiger charge is 2.37. The van der Waals surface area contributed by atoms with E-state index >= 15 is 0 Å². The zero-order valence-electron chi connectivity index (χ0n) is 13.4. The van der Waals surface area contributed by atoms with Crippen LogP contribution in [0.1, 0.15) is 11.1 Å². The summed E-state index contributed by atoms with van der Waals surface area (Å²) < 4.78 is 39.1. The van der Waals surface area contributed by atoms with Crippen LogP contribution in [-0.4, -0.2) is 17.8 Å². The number of carbonyl (C=O) groups excluding carboxylic acids is 3. The molecule has 1 saturated heterocycles. The normalized spacial score (nSPS) is 16.7. The standard InChI is InChI=1S/C18H10BrF3N2O3/c19-12-5-2-6-13(9-12)24-16(26)14(15(25)23-17(24)27)8-10-3-1-4-11(7-10)18(20,21)22/h1-9H,(H,23,25,27). The first kappa shape index (κ1) is 18.8. The summed E-state index contributed by atoms with van der Waals surface area (Å²) in [6.07, 6.45) is -3.55. The number of carbonyl (C=O) groups is 3. The van der Waals surface area contributed by atoms with Crippen molar-refractivity contribution < 1.29 is 27.6 Å². The van der Waals surface area contributed by atoms with Gasteiger partial charge in [0, 0.05) is 4.47 Å². The lowest BCUT2D eigenvalue weighted by Gasteiger charge is -2.26. The number of barbiturate groups is 1. The van der Waals surface area contributed by atoms with Gasteiger partial charge in [0.15, 0.2) is 0 Å². The average molecular weight is 439 g/mol.